The number of nitrogens with zero attached hydrogens (tertiary/aromatic N) is 4. The molecule has 0 radical (unpaired) electrons. The topological polar surface area (TPSA) is 72.7 Å². The smallest absolute Gasteiger partial charge is 0.230 e. The van der Waals surface area contributed by atoms with Gasteiger partial charge in [0.25, 0.3) is 0 Å². The fourth-order valence-electron chi connectivity index (χ4n) is 3.09. The number of thiazole rings is 1. The van der Waals surface area contributed by atoms with Crippen LogP contribution < -0.4 is 5.32 Å². The Morgan fingerprint density at radius 1 is 1.50 bits per heavy atom. The van der Waals surface area contributed by atoms with E-state index in [2.05, 4.69) is 41.2 Å². The highest BCUT2D eigenvalue weighted by atomic mass is 32.1. The molecule has 1 amide bonds. The number of nitrogens with one attached hydrogen (secondary N) is 1. The van der Waals surface area contributed by atoms with Gasteiger partial charge < -0.3 is 5.32 Å². The summed E-state index contributed by atoms with van der Waals surface area (Å²) in [6, 6.07) is 0. The first-order chi connectivity index (χ1) is 11.3. The Kier molecular flexibility index (Phi) is 4.71. The number of aryl methyl sites for hydroxylation is 1. The van der Waals surface area contributed by atoms with Crippen LogP contribution in [0, 0.1) is 17.3 Å². The average molecular weight is 347 g/mol. The molecule has 0 aliphatic heterocycles. The van der Waals surface area contributed by atoms with Gasteiger partial charge in [-0.05, 0) is 30.6 Å². The highest BCUT2D eigenvalue weighted by Gasteiger charge is 2.31. The van der Waals surface area contributed by atoms with Crippen molar-refractivity contribution in [1.82, 2.24) is 19.7 Å². The van der Waals surface area contributed by atoms with Crippen molar-refractivity contribution < 1.29 is 4.79 Å². The SMILES string of the molecule is C[C@H](Cn1cncn1)C(=O)Nc1nc2c(s1)C[C@H](C(C)(C)C)CC2. The Hall–Kier alpha value is -1.76. The van der Waals surface area contributed by atoms with E-state index in [1.807, 2.05) is 6.92 Å². The van der Waals surface area contributed by atoms with E-state index >= 15 is 0 Å². The molecule has 0 saturated carbocycles. The van der Waals surface area contributed by atoms with Crippen molar-refractivity contribution in [2.45, 2.75) is 53.5 Å². The van der Waals surface area contributed by atoms with Crippen LogP contribution >= 0.6 is 11.3 Å². The lowest BCUT2D eigenvalue weighted by Crippen LogP contribution is -2.26. The first-order valence-corrected chi connectivity index (χ1v) is 9.26. The van der Waals surface area contributed by atoms with Gasteiger partial charge in [-0.1, -0.05) is 27.7 Å². The molecule has 0 aromatic carbocycles. The maximum absolute atomic E-state index is 12.4. The zero-order chi connectivity index (χ0) is 17.3. The molecule has 0 saturated heterocycles. The van der Waals surface area contributed by atoms with E-state index < -0.39 is 0 Å². The van der Waals surface area contributed by atoms with Gasteiger partial charge in [0, 0.05) is 4.88 Å². The molecular weight excluding hydrogens is 322 g/mol. The van der Waals surface area contributed by atoms with Crippen LogP contribution in [-0.2, 0) is 24.2 Å². The van der Waals surface area contributed by atoms with Crippen LogP contribution in [0.15, 0.2) is 12.7 Å². The number of aromatic nitrogens is 4. The molecule has 1 aliphatic carbocycles. The van der Waals surface area contributed by atoms with Crippen LogP contribution in [0.2, 0.25) is 0 Å². The minimum Gasteiger partial charge on any atom is -0.302 e. The predicted molar refractivity (Wildman–Crippen MR) is 94.9 cm³/mol. The van der Waals surface area contributed by atoms with Crippen molar-refractivity contribution >= 4 is 22.4 Å². The Morgan fingerprint density at radius 3 is 2.96 bits per heavy atom. The molecule has 130 valence electrons. The largest absolute Gasteiger partial charge is 0.302 e. The van der Waals surface area contributed by atoms with Crippen molar-refractivity contribution in [3.63, 3.8) is 0 Å². The van der Waals surface area contributed by atoms with Gasteiger partial charge in [-0.3, -0.25) is 9.48 Å². The van der Waals surface area contributed by atoms with Crippen LogP contribution in [0.4, 0.5) is 5.13 Å². The third kappa shape index (κ3) is 3.83. The molecule has 0 fully saturated rings. The molecule has 6 nitrogen and oxygen atoms in total. The van der Waals surface area contributed by atoms with Gasteiger partial charge in [-0.15, -0.1) is 11.3 Å². The van der Waals surface area contributed by atoms with Gasteiger partial charge in [-0.25, -0.2) is 9.97 Å². The summed E-state index contributed by atoms with van der Waals surface area (Å²) in [7, 11) is 0. The minimum atomic E-state index is -0.185. The van der Waals surface area contributed by atoms with Gasteiger partial charge in [0.05, 0.1) is 18.2 Å². The van der Waals surface area contributed by atoms with Crippen LogP contribution in [0.3, 0.4) is 0 Å². The summed E-state index contributed by atoms with van der Waals surface area (Å²) >= 11 is 1.63. The van der Waals surface area contributed by atoms with Gasteiger partial charge in [0.1, 0.15) is 12.7 Å². The third-order valence-corrected chi connectivity index (χ3v) is 5.80. The summed E-state index contributed by atoms with van der Waals surface area (Å²) in [5.74, 6) is 0.471. The van der Waals surface area contributed by atoms with Gasteiger partial charge in [0.2, 0.25) is 5.91 Å². The summed E-state index contributed by atoms with van der Waals surface area (Å²) in [5, 5.41) is 7.74. The van der Waals surface area contributed by atoms with Crippen LogP contribution in [0.5, 0.6) is 0 Å². The van der Waals surface area contributed by atoms with Crippen LogP contribution in [0.1, 0.15) is 44.7 Å². The van der Waals surface area contributed by atoms with Crippen molar-refractivity contribution in [3.05, 3.63) is 23.2 Å². The lowest BCUT2D eigenvalue weighted by Gasteiger charge is -2.33. The molecule has 2 heterocycles. The number of hydrogen-bond donors (Lipinski definition) is 1. The Bertz CT molecular complexity index is 701. The Morgan fingerprint density at radius 2 is 2.29 bits per heavy atom. The molecule has 7 heteroatoms. The maximum atomic E-state index is 12.4. The first kappa shape index (κ1) is 17.1. The first-order valence-electron chi connectivity index (χ1n) is 8.45. The quantitative estimate of drug-likeness (QED) is 0.922. The summed E-state index contributed by atoms with van der Waals surface area (Å²) < 4.78 is 1.67. The standard InChI is InChI=1S/C17H25N5OS/c1-11(8-22-10-18-9-19-22)15(23)21-16-20-13-6-5-12(17(2,3)4)7-14(13)24-16/h9-12H,5-8H2,1-4H3,(H,20,21,23)/t11-,12-/m1/s1. The molecule has 2 aromatic heterocycles. The van der Waals surface area contributed by atoms with Crippen LogP contribution in [-0.4, -0.2) is 25.7 Å². The van der Waals surface area contributed by atoms with E-state index in [-0.39, 0.29) is 11.8 Å². The zero-order valence-electron chi connectivity index (χ0n) is 14.7. The molecule has 3 rings (SSSR count). The average Bonchev–Trinajstić information content (AvgIpc) is 3.13. The number of amides is 1. The van der Waals surface area contributed by atoms with Crippen molar-refractivity contribution in [3.8, 4) is 0 Å². The van der Waals surface area contributed by atoms with Gasteiger partial charge in [0.15, 0.2) is 5.13 Å². The number of carbonyl (C=O) groups is 1. The zero-order valence-corrected chi connectivity index (χ0v) is 15.6. The molecule has 0 unspecified atom stereocenters. The van der Waals surface area contributed by atoms with E-state index in [0.29, 0.717) is 17.9 Å². The van der Waals surface area contributed by atoms with E-state index in [1.165, 1.54) is 23.3 Å². The third-order valence-electron chi connectivity index (χ3n) is 4.77. The molecule has 0 spiro atoms. The number of anilines is 1. The fraction of sp³-hybridized carbons (Fsp3) is 0.647. The highest BCUT2D eigenvalue weighted by Crippen LogP contribution is 2.40. The normalized spacial score (nSPS) is 18.9. The monoisotopic (exact) mass is 347 g/mol. The minimum absolute atomic E-state index is 0.0241. The van der Waals surface area contributed by atoms with Crippen molar-refractivity contribution in [1.29, 1.82) is 0 Å². The number of rotatable bonds is 4. The second-order valence-electron chi connectivity index (χ2n) is 7.70. The molecule has 1 N–H and O–H groups in total. The van der Waals surface area contributed by atoms with E-state index in [1.54, 1.807) is 22.3 Å². The number of fused-ring (bicyclic) bond motifs is 1. The molecule has 0 bridgehead atoms. The Labute approximate surface area is 146 Å². The predicted octanol–water partition coefficient (Wildman–Crippen LogP) is 3.16. The number of hydrogen-bond acceptors (Lipinski definition) is 5. The highest BCUT2D eigenvalue weighted by molar-refractivity contribution is 7.15. The van der Waals surface area contributed by atoms with Crippen molar-refractivity contribution in [2.75, 3.05) is 5.32 Å². The van der Waals surface area contributed by atoms with E-state index in [9.17, 15) is 4.79 Å². The summed E-state index contributed by atoms with van der Waals surface area (Å²) in [6.45, 7) is 9.32. The fourth-order valence-corrected chi connectivity index (χ4v) is 4.18. The Balaban J connectivity index is 1.63. The summed E-state index contributed by atoms with van der Waals surface area (Å²) in [5.41, 5.74) is 1.48. The van der Waals surface area contributed by atoms with E-state index in [4.69, 9.17) is 0 Å². The van der Waals surface area contributed by atoms with Gasteiger partial charge in [-0.2, -0.15) is 5.10 Å². The number of carbonyl (C=O) groups excluding carboxylic acids is 1. The van der Waals surface area contributed by atoms with Crippen LogP contribution in [0.25, 0.3) is 0 Å². The van der Waals surface area contributed by atoms with Gasteiger partial charge >= 0.3 is 0 Å². The lowest BCUT2D eigenvalue weighted by molar-refractivity contribution is -0.119. The summed E-state index contributed by atoms with van der Waals surface area (Å²) in [4.78, 5) is 22.2. The maximum Gasteiger partial charge on any atom is 0.230 e. The molecule has 2 atom stereocenters. The summed E-state index contributed by atoms with van der Waals surface area (Å²) in [6.07, 6.45) is 6.36. The lowest BCUT2D eigenvalue weighted by atomic mass is 9.73. The molecule has 24 heavy (non-hydrogen) atoms. The van der Waals surface area contributed by atoms with Crippen molar-refractivity contribution in [2.24, 2.45) is 17.3 Å². The second kappa shape index (κ2) is 6.63. The molecular formula is C17H25N5OS. The molecule has 2 aromatic rings. The molecule has 1 aliphatic rings. The second-order valence-corrected chi connectivity index (χ2v) is 8.79. The van der Waals surface area contributed by atoms with E-state index in [0.717, 1.165) is 18.0 Å².